The van der Waals surface area contributed by atoms with Crippen LogP contribution in [0, 0.1) is 5.92 Å². The molecule has 0 saturated carbocycles. The van der Waals surface area contributed by atoms with Gasteiger partial charge in [-0.2, -0.15) is 0 Å². The normalized spacial score (nSPS) is 41.8. The summed E-state index contributed by atoms with van der Waals surface area (Å²) >= 11 is 0. The zero-order valence-electron chi connectivity index (χ0n) is 8.53. The molecule has 1 N–H and O–H groups in total. The largest absolute Gasteiger partial charge is 0.496 e. The van der Waals surface area contributed by atoms with E-state index in [1.54, 1.807) is 20.3 Å². The average Bonchev–Trinajstić information content (AvgIpc) is 2.60. The first-order valence-corrected chi connectivity index (χ1v) is 4.86. The molecule has 4 heteroatoms. The maximum atomic E-state index is 9.60. The Hall–Kier alpha value is -0.580. The Kier molecular flexibility index (Phi) is 2.51. The highest BCUT2D eigenvalue weighted by atomic mass is 16.7. The third kappa shape index (κ3) is 1.26. The third-order valence-corrected chi connectivity index (χ3v) is 3.06. The summed E-state index contributed by atoms with van der Waals surface area (Å²) in [6.45, 7) is 0.659. The molecule has 3 atom stereocenters. The summed E-state index contributed by atoms with van der Waals surface area (Å²) < 4.78 is 16.3. The lowest BCUT2D eigenvalue weighted by molar-refractivity contribution is -0.217. The van der Waals surface area contributed by atoms with E-state index < -0.39 is 11.9 Å². The van der Waals surface area contributed by atoms with E-state index in [4.69, 9.17) is 14.2 Å². The fourth-order valence-corrected chi connectivity index (χ4v) is 2.39. The van der Waals surface area contributed by atoms with Crippen molar-refractivity contribution in [3.05, 3.63) is 11.8 Å². The summed E-state index contributed by atoms with van der Waals surface area (Å²) in [5.74, 6) is 0.0530. The van der Waals surface area contributed by atoms with E-state index in [-0.39, 0.29) is 5.92 Å². The number of ether oxygens (including phenoxy) is 3. The van der Waals surface area contributed by atoms with E-state index in [9.17, 15) is 5.11 Å². The third-order valence-electron chi connectivity index (χ3n) is 3.06. The standard InChI is InChI=1S/C10H16O4/c1-12-9-6-8(11)5-7-3-4-14-10(7,9)13-2/h6-8,11H,3-5H2,1-2H3/t7-,8+,10+/m0/s1. The molecule has 1 fully saturated rings. The highest BCUT2D eigenvalue weighted by Crippen LogP contribution is 2.44. The zero-order valence-corrected chi connectivity index (χ0v) is 8.53. The second-order valence-corrected chi connectivity index (χ2v) is 3.74. The average molecular weight is 200 g/mol. The van der Waals surface area contributed by atoms with Gasteiger partial charge < -0.3 is 19.3 Å². The van der Waals surface area contributed by atoms with Gasteiger partial charge in [-0.1, -0.05) is 0 Å². The first-order chi connectivity index (χ1) is 6.73. The van der Waals surface area contributed by atoms with Crippen LogP contribution in [0.4, 0.5) is 0 Å². The summed E-state index contributed by atoms with van der Waals surface area (Å²) in [5, 5.41) is 9.60. The smallest absolute Gasteiger partial charge is 0.230 e. The van der Waals surface area contributed by atoms with Crippen molar-refractivity contribution in [2.24, 2.45) is 5.92 Å². The number of aliphatic hydroxyl groups excluding tert-OH is 1. The minimum Gasteiger partial charge on any atom is -0.496 e. The van der Waals surface area contributed by atoms with Crippen LogP contribution in [0.25, 0.3) is 0 Å². The first kappa shape index (κ1) is 9.96. The van der Waals surface area contributed by atoms with Gasteiger partial charge in [0, 0.05) is 13.0 Å². The molecule has 1 saturated heterocycles. The Labute approximate surface area is 83.5 Å². The fraction of sp³-hybridized carbons (Fsp3) is 0.800. The van der Waals surface area contributed by atoms with Crippen molar-refractivity contribution >= 4 is 0 Å². The summed E-state index contributed by atoms with van der Waals surface area (Å²) in [7, 11) is 3.19. The molecule has 2 rings (SSSR count). The van der Waals surface area contributed by atoms with E-state index >= 15 is 0 Å². The Balaban J connectivity index is 2.34. The van der Waals surface area contributed by atoms with Gasteiger partial charge >= 0.3 is 0 Å². The van der Waals surface area contributed by atoms with Crippen LogP contribution in [0.15, 0.2) is 11.8 Å². The molecule has 0 spiro atoms. The van der Waals surface area contributed by atoms with Crippen molar-refractivity contribution in [2.75, 3.05) is 20.8 Å². The molecule has 1 aliphatic carbocycles. The molecular formula is C10H16O4. The highest BCUT2D eigenvalue weighted by molar-refractivity contribution is 5.17. The lowest BCUT2D eigenvalue weighted by atomic mass is 9.85. The number of fused-ring (bicyclic) bond motifs is 1. The van der Waals surface area contributed by atoms with Crippen molar-refractivity contribution in [3.8, 4) is 0 Å². The predicted octanol–water partition coefficient (Wildman–Crippen LogP) is 0.660. The van der Waals surface area contributed by atoms with Crippen molar-refractivity contribution in [1.29, 1.82) is 0 Å². The maximum Gasteiger partial charge on any atom is 0.230 e. The van der Waals surface area contributed by atoms with E-state index in [1.807, 2.05) is 0 Å². The summed E-state index contributed by atoms with van der Waals surface area (Å²) in [6.07, 6.45) is 2.82. The lowest BCUT2D eigenvalue weighted by Gasteiger charge is -2.37. The molecule has 0 aromatic heterocycles. The predicted molar refractivity (Wildman–Crippen MR) is 49.5 cm³/mol. The highest BCUT2D eigenvalue weighted by Gasteiger charge is 2.52. The molecule has 0 aromatic carbocycles. The molecule has 0 bridgehead atoms. The van der Waals surface area contributed by atoms with Crippen LogP contribution in [-0.4, -0.2) is 37.8 Å². The van der Waals surface area contributed by atoms with Gasteiger partial charge in [0.1, 0.15) is 0 Å². The summed E-state index contributed by atoms with van der Waals surface area (Å²) in [5.41, 5.74) is 0. The molecule has 0 aromatic rings. The van der Waals surface area contributed by atoms with Gasteiger partial charge in [0.25, 0.3) is 0 Å². The second-order valence-electron chi connectivity index (χ2n) is 3.74. The van der Waals surface area contributed by atoms with Crippen LogP contribution in [0.2, 0.25) is 0 Å². The molecule has 4 nitrogen and oxygen atoms in total. The van der Waals surface area contributed by atoms with Crippen LogP contribution in [0.3, 0.4) is 0 Å². The minimum absolute atomic E-state index is 0.197. The topological polar surface area (TPSA) is 47.9 Å². The SMILES string of the molecule is COC1=C[C@H](O)C[C@@H]2CCO[C@@]12OC. The Morgan fingerprint density at radius 2 is 2.36 bits per heavy atom. The van der Waals surface area contributed by atoms with E-state index in [0.717, 1.165) is 6.42 Å². The number of rotatable bonds is 2. The molecule has 80 valence electrons. The molecule has 14 heavy (non-hydrogen) atoms. The second kappa shape index (κ2) is 3.53. The van der Waals surface area contributed by atoms with Gasteiger partial charge in [-0.3, -0.25) is 0 Å². The lowest BCUT2D eigenvalue weighted by Crippen LogP contribution is -2.44. The van der Waals surface area contributed by atoms with Gasteiger partial charge in [-0.25, -0.2) is 0 Å². The van der Waals surface area contributed by atoms with Crippen molar-refractivity contribution in [1.82, 2.24) is 0 Å². The number of hydrogen-bond acceptors (Lipinski definition) is 4. The van der Waals surface area contributed by atoms with Crippen LogP contribution in [0.1, 0.15) is 12.8 Å². The van der Waals surface area contributed by atoms with Crippen molar-refractivity contribution in [2.45, 2.75) is 24.7 Å². The molecule has 1 aliphatic heterocycles. The van der Waals surface area contributed by atoms with E-state index in [1.165, 1.54) is 0 Å². The van der Waals surface area contributed by atoms with Gasteiger partial charge in [-0.15, -0.1) is 0 Å². The fourth-order valence-electron chi connectivity index (χ4n) is 2.39. The van der Waals surface area contributed by atoms with Gasteiger partial charge in [0.05, 0.1) is 19.8 Å². The monoisotopic (exact) mass is 200 g/mol. The quantitative estimate of drug-likeness (QED) is 0.711. The van der Waals surface area contributed by atoms with Crippen molar-refractivity contribution < 1.29 is 19.3 Å². The maximum absolute atomic E-state index is 9.60. The zero-order chi connectivity index (χ0) is 10.2. The van der Waals surface area contributed by atoms with Gasteiger partial charge in [0.15, 0.2) is 5.76 Å². The van der Waals surface area contributed by atoms with Crippen LogP contribution in [-0.2, 0) is 14.2 Å². The Bertz CT molecular complexity index is 251. The molecular weight excluding hydrogens is 184 g/mol. The summed E-state index contributed by atoms with van der Waals surface area (Å²) in [6, 6.07) is 0. The Morgan fingerprint density at radius 1 is 1.57 bits per heavy atom. The molecule has 0 amide bonds. The van der Waals surface area contributed by atoms with E-state index in [0.29, 0.717) is 18.8 Å². The van der Waals surface area contributed by atoms with Gasteiger partial charge in [-0.05, 0) is 18.9 Å². The molecule has 2 aliphatic rings. The van der Waals surface area contributed by atoms with Gasteiger partial charge in [0.2, 0.25) is 5.79 Å². The molecule has 0 unspecified atom stereocenters. The molecule has 0 radical (unpaired) electrons. The molecule has 1 heterocycles. The number of methoxy groups -OCH3 is 2. The Morgan fingerprint density at radius 3 is 3.00 bits per heavy atom. The number of hydrogen-bond donors (Lipinski definition) is 1. The first-order valence-electron chi connectivity index (χ1n) is 4.86. The van der Waals surface area contributed by atoms with Crippen LogP contribution < -0.4 is 0 Å². The van der Waals surface area contributed by atoms with Crippen LogP contribution in [0.5, 0.6) is 0 Å². The summed E-state index contributed by atoms with van der Waals surface area (Å²) in [4.78, 5) is 0. The number of aliphatic hydroxyl groups is 1. The van der Waals surface area contributed by atoms with Crippen molar-refractivity contribution in [3.63, 3.8) is 0 Å². The minimum atomic E-state index is -0.742. The van der Waals surface area contributed by atoms with Crippen LogP contribution >= 0.6 is 0 Å². The van der Waals surface area contributed by atoms with E-state index in [2.05, 4.69) is 0 Å².